The molecular weight excluding hydrogens is 218 g/mol. The van der Waals surface area contributed by atoms with Gasteiger partial charge < -0.3 is 15.2 Å². The van der Waals surface area contributed by atoms with Gasteiger partial charge in [0.2, 0.25) is 6.79 Å². The molecule has 0 saturated carbocycles. The molecule has 3 rings (SSSR count). The maximum Gasteiger partial charge on any atom is 0.231 e. The first kappa shape index (κ1) is 9.89. The van der Waals surface area contributed by atoms with Crippen LogP contribution in [0.2, 0.25) is 0 Å². The molecule has 0 aliphatic carbocycles. The quantitative estimate of drug-likeness (QED) is 0.806. The molecule has 2 aromatic rings. The minimum absolute atomic E-state index is 0.269. The molecule has 86 valence electrons. The second-order valence-electron chi connectivity index (χ2n) is 3.87. The molecule has 0 atom stereocenters. The molecule has 2 N–H and O–H groups in total. The Bertz CT molecular complexity index is 584. The predicted octanol–water partition coefficient (Wildman–Crippen LogP) is 1.76. The molecule has 17 heavy (non-hydrogen) atoms. The monoisotopic (exact) mass is 229 g/mol. The van der Waals surface area contributed by atoms with Crippen molar-refractivity contribution in [2.45, 2.75) is 6.92 Å². The topological polar surface area (TPSA) is 70.3 Å². The summed E-state index contributed by atoms with van der Waals surface area (Å²) in [6, 6.07) is 7.58. The standard InChI is InChI=1S/C12H11N3O2/c1-7-4-9(14-15-12(7)13)8-2-3-10-11(5-8)17-6-16-10/h2-5H,6H2,1H3,(H2,13,15). The van der Waals surface area contributed by atoms with Crippen LogP contribution >= 0.6 is 0 Å². The third-order valence-electron chi connectivity index (χ3n) is 2.69. The van der Waals surface area contributed by atoms with Crippen LogP contribution in [0.4, 0.5) is 5.82 Å². The van der Waals surface area contributed by atoms with Gasteiger partial charge in [-0.1, -0.05) is 0 Å². The fraction of sp³-hybridized carbons (Fsp3) is 0.167. The van der Waals surface area contributed by atoms with E-state index < -0.39 is 0 Å². The van der Waals surface area contributed by atoms with Gasteiger partial charge in [-0.2, -0.15) is 0 Å². The van der Waals surface area contributed by atoms with Gasteiger partial charge in [-0.05, 0) is 36.8 Å². The predicted molar refractivity (Wildman–Crippen MR) is 62.7 cm³/mol. The van der Waals surface area contributed by atoms with Crippen LogP contribution < -0.4 is 15.2 Å². The van der Waals surface area contributed by atoms with Crippen molar-refractivity contribution in [3.8, 4) is 22.8 Å². The van der Waals surface area contributed by atoms with Crippen LogP contribution in [0.15, 0.2) is 24.3 Å². The molecule has 0 amide bonds. The highest BCUT2D eigenvalue weighted by molar-refractivity contribution is 5.65. The largest absolute Gasteiger partial charge is 0.454 e. The highest BCUT2D eigenvalue weighted by Crippen LogP contribution is 2.35. The maximum absolute atomic E-state index is 5.64. The minimum atomic E-state index is 0.269. The Balaban J connectivity index is 2.06. The molecule has 0 fully saturated rings. The molecule has 0 spiro atoms. The van der Waals surface area contributed by atoms with Crippen molar-refractivity contribution < 1.29 is 9.47 Å². The summed E-state index contributed by atoms with van der Waals surface area (Å²) in [5.74, 6) is 1.95. The van der Waals surface area contributed by atoms with Crippen molar-refractivity contribution in [3.63, 3.8) is 0 Å². The second kappa shape index (κ2) is 3.62. The molecule has 1 aromatic heterocycles. The SMILES string of the molecule is Cc1cc(-c2ccc3c(c2)OCO3)nnc1N. The Morgan fingerprint density at radius 3 is 2.76 bits per heavy atom. The Labute approximate surface area is 98.2 Å². The molecule has 1 aliphatic rings. The summed E-state index contributed by atoms with van der Waals surface area (Å²) < 4.78 is 10.6. The van der Waals surface area contributed by atoms with Crippen LogP contribution in [-0.4, -0.2) is 17.0 Å². The van der Waals surface area contributed by atoms with E-state index in [1.54, 1.807) is 0 Å². The Kier molecular flexibility index (Phi) is 2.11. The fourth-order valence-electron chi connectivity index (χ4n) is 1.69. The van der Waals surface area contributed by atoms with Crippen molar-refractivity contribution in [3.05, 3.63) is 29.8 Å². The van der Waals surface area contributed by atoms with E-state index >= 15 is 0 Å². The molecule has 0 saturated heterocycles. The lowest BCUT2D eigenvalue weighted by Crippen LogP contribution is -1.97. The number of rotatable bonds is 1. The van der Waals surface area contributed by atoms with E-state index in [-0.39, 0.29) is 6.79 Å². The lowest BCUT2D eigenvalue weighted by molar-refractivity contribution is 0.174. The Morgan fingerprint density at radius 1 is 1.12 bits per heavy atom. The van der Waals surface area contributed by atoms with E-state index in [9.17, 15) is 0 Å². The number of nitrogens with two attached hydrogens (primary N) is 1. The van der Waals surface area contributed by atoms with Crippen molar-refractivity contribution >= 4 is 5.82 Å². The van der Waals surface area contributed by atoms with Gasteiger partial charge in [-0.15, -0.1) is 10.2 Å². The average Bonchev–Trinajstić information content (AvgIpc) is 2.79. The zero-order valence-electron chi connectivity index (χ0n) is 9.30. The number of nitrogen functional groups attached to an aromatic ring is 1. The summed E-state index contributed by atoms with van der Waals surface area (Å²) >= 11 is 0. The maximum atomic E-state index is 5.64. The third-order valence-corrected chi connectivity index (χ3v) is 2.69. The summed E-state index contributed by atoms with van der Waals surface area (Å²) in [5, 5.41) is 7.97. The highest BCUT2D eigenvalue weighted by Gasteiger charge is 2.14. The molecule has 0 bridgehead atoms. The van der Waals surface area contributed by atoms with Gasteiger partial charge >= 0.3 is 0 Å². The van der Waals surface area contributed by atoms with Crippen LogP contribution in [0.1, 0.15) is 5.56 Å². The average molecular weight is 229 g/mol. The lowest BCUT2D eigenvalue weighted by atomic mass is 10.1. The summed E-state index contributed by atoms with van der Waals surface area (Å²) in [7, 11) is 0. The van der Waals surface area contributed by atoms with Crippen molar-refractivity contribution in [2.75, 3.05) is 12.5 Å². The number of benzene rings is 1. The Hall–Kier alpha value is -2.30. The van der Waals surface area contributed by atoms with Crippen molar-refractivity contribution in [2.24, 2.45) is 0 Å². The molecule has 5 nitrogen and oxygen atoms in total. The van der Waals surface area contributed by atoms with E-state index in [0.717, 1.165) is 28.3 Å². The van der Waals surface area contributed by atoms with Gasteiger partial charge in [0.1, 0.15) is 5.82 Å². The Morgan fingerprint density at radius 2 is 1.94 bits per heavy atom. The van der Waals surface area contributed by atoms with Crippen LogP contribution in [-0.2, 0) is 0 Å². The molecule has 1 aromatic carbocycles. The number of hydrogen-bond donors (Lipinski definition) is 1. The van der Waals surface area contributed by atoms with Gasteiger partial charge in [-0.3, -0.25) is 0 Å². The van der Waals surface area contributed by atoms with E-state index in [0.29, 0.717) is 5.82 Å². The number of aromatic nitrogens is 2. The molecule has 0 unspecified atom stereocenters. The normalized spacial score (nSPS) is 12.8. The molecule has 0 radical (unpaired) electrons. The van der Waals surface area contributed by atoms with Gasteiger partial charge in [0.15, 0.2) is 11.5 Å². The van der Waals surface area contributed by atoms with Crippen LogP contribution in [0.3, 0.4) is 0 Å². The van der Waals surface area contributed by atoms with Crippen molar-refractivity contribution in [1.29, 1.82) is 0 Å². The molecule has 1 aliphatic heterocycles. The number of hydrogen-bond acceptors (Lipinski definition) is 5. The van der Waals surface area contributed by atoms with Gasteiger partial charge in [0.25, 0.3) is 0 Å². The number of ether oxygens (including phenoxy) is 2. The highest BCUT2D eigenvalue weighted by atomic mass is 16.7. The number of aryl methyl sites for hydroxylation is 1. The van der Waals surface area contributed by atoms with E-state index in [1.165, 1.54) is 0 Å². The zero-order chi connectivity index (χ0) is 11.8. The zero-order valence-corrected chi connectivity index (χ0v) is 9.30. The smallest absolute Gasteiger partial charge is 0.231 e. The first-order valence-corrected chi connectivity index (χ1v) is 5.24. The van der Waals surface area contributed by atoms with Crippen LogP contribution in [0.25, 0.3) is 11.3 Å². The summed E-state index contributed by atoms with van der Waals surface area (Å²) in [6.45, 7) is 2.17. The third kappa shape index (κ3) is 1.65. The first-order chi connectivity index (χ1) is 8.24. The molecule has 5 heteroatoms. The number of nitrogens with zero attached hydrogens (tertiary/aromatic N) is 2. The van der Waals surface area contributed by atoms with E-state index in [1.807, 2.05) is 31.2 Å². The summed E-state index contributed by atoms with van der Waals surface area (Å²) in [5.41, 5.74) is 8.26. The van der Waals surface area contributed by atoms with Crippen LogP contribution in [0.5, 0.6) is 11.5 Å². The van der Waals surface area contributed by atoms with Crippen molar-refractivity contribution in [1.82, 2.24) is 10.2 Å². The van der Waals surface area contributed by atoms with E-state index in [4.69, 9.17) is 15.2 Å². The van der Waals surface area contributed by atoms with Gasteiger partial charge in [0.05, 0.1) is 5.69 Å². The minimum Gasteiger partial charge on any atom is -0.454 e. The number of fused-ring (bicyclic) bond motifs is 1. The molecular formula is C12H11N3O2. The van der Waals surface area contributed by atoms with Crippen LogP contribution in [0, 0.1) is 6.92 Å². The van der Waals surface area contributed by atoms with Gasteiger partial charge in [0, 0.05) is 5.56 Å². The fourth-order valence-corrected chi connectivity index (χ4v) is 1.69. The summed E-state index contributed by atoms with van der Waals surface area (Å²) in [4.78, 5) is 0. The second-order valence-corrected chi connectivity index (χ2v) is 3.87. The first-order valence-electron chi connectivity index (χ1n) is 5.24. The van der Waals surface area contributed by atoms with E-state index in [2.05, 4.69) is 10.2 Å². The summed E-state index contributed by atoms with van der Waals surface area (Å²) in [6.07, 6.45) is 0. The van der Waals surface area contributed by atoms with Gasteiger partial charge in [-0.25, -0.2) is 0 Å². The number of anilines is 1. The lowest BCUT2D eigenvalue weighted by Gasteiger charge is -2.04. The molecule has 2 heterocycles.